The molecule has 0 unspecified atom stereocenters. The summed E-state index contributed by atoms with van der Waals surface area (Å²) in [7, 11) is -3.17. The molecule has 0 amide bonds. The van der Waals surface area contributed by atoms with E-state index in [1.807, 2.05) is 0 Å². The van der Waals surface area contributed by atoms with Gasteiger partial charge in [-0.2, -0.15) is 4.98 Å². The number of rotatable bonds is 8. The monoisotopic (exact) mass is 459 g/mol. The summed E-state index contributed by atoms with van der Waals surface area (Å²) < 4.78 is 77.9. The van der Waals surface area contributed by atoms with Gasteiger partial charge in [0, 0.05) is 31.0 Å². The van der Waals surface area contributed by atoms with Gasteiger partial charge < -0.3 is 14.0 Å². The zero-order valence-corrected chi connectivity index (χ0v) is 17.2. The minimum absolute atomic E-state index is 0. The van der Waals surface area contributed by atoms with Crippen molar-refractivity contribution < 1.29 is 32.5 Å². The minimum Gasteiger partial charge on any atom is -0.479 e. The molecule has 0 aliphatic rings. The van der Waals surface area contributed by atoms with Crippen molar-refractivity contribution in [1.82, 2.24) is 9.55 Å². The number of anilines is 1. The molecule has 1 aromatic carbocycles. The lowest BCUT2D eigenvalue weighted by Crippen LogP contribution is -2.20. The van der Waals surface area contributed by atoms with Crippen LogP contribution >= 0.6 is 0 Å². The third-order valence-corrected chi connectivity index (χ3v) is 5.72. The first-order chi connectivity index (χ1) is 14.7. The summed E-state index contributed by atoms with van der Waals surface area (Å²) in [5.74, 6) is -2.31. The van der Waals surface area contributed by atoms with Gasteiger partial charge in [0.25, 0.3) is 27.9 Å². The molecule has 0 aliphatic heterocycles. The highest BCUT2D eigenvalue weighted by molar-refractivity contribution is 7.93. The van der Waals surface area contributed by atoms with Crippen molar-refractivity contribution in [2.24, 2.45) is 0 Å². The molecule has 31 heavy (non-hydrogen) atoms. The van der Waals surface area contributed by atoms with E-state index in [9.17, 15) is 26.4 Å². The second-order valence-corrected chi connectivity index (χ2v) is 7.91. The fourth-order valence-electron chi connectivity index (χ4n) is 2.90. The summed E-state index contributed by atoms with van der Waals surface area (Å²) in [5, 5.41) is 0.369. The van der Waals surface area contributed by atoms with E-state index in [0.717, 1.165) is 7.11 Å². The van der Waals surface area contributed by atoms with Crippen molar-refractivity contribution in [3.63, 3.8) is 0 Å². The van der Waals surface area contributed by atoms with Gasteiger partial charge in [-0.15, -0.1) is 0 Å². The maximum Gasteiger partial charge on any atom is 0.272 e. The summed E-state index contributed by atoms with van der Waals surface area (Å²) in [6.07, 6.45) is -1.38. The lowest BCUT2D eigenvalue weighted by atomic mass is 10.2. The molecule has 0 bridgehead atoms. The summed E-state index contributed by atoms with van der Waals surface area (Å²) in [5.41, 5.74) is -0.730. The molecule has 0 saturated carbocycles. The number of nitrogens with zero attached hydrogens (tertiary/aromatic N) is 2. The van der Waals surface area contributed by atoms with Crippen LogP contribution in [-0.4, -0.2) is 38.1 Å². The van der Waals surface area contributed by atoms with Crippen molar-refractivity contribution in [1.29, 1.82) is 0 Å². The zero-order chi connectivity index (χ0) is 22.8. The fraction of sp³-hybridized carbons (Fsp3) is 0.263. The number of sulfonamides is 1. The second-order valence-electron chi connectivity index (χ2n) is 6.26. The van der Waals surface area contributed by atoms with Crippen LogP contribution in [0.2, 0.25) is 0 Å². The Morgan fingerprint density at radius 1 is 1.23 bits per heavy atom. The van der Waals surface area contributed by atoms with Crippen LogP contribution in [0, 0.1) is 5.82 Å². The number of benzene rings is 1. The first kappa shape index (κ1) is 22.4. The first-order valence-corrected chi connectivity index (χ1v) is 10.5. The Kier molecular flexibility index (Phi) is 6.39. The minimum atomic E-state index is -4.31. The van der Waals surface area contributed by atoms with E-state index in [1.165, 1.54) is 35.0 Å². The summed E-state index contributed by atoms with van der Waals surface area (Å²) in [6.45, 7) is 1.09. The van der Waals surface area contributed by atoms with Gasteiger partial charge in [-0.05, 0) is 25.1 Å². The van der Waals surface area contributed by atoms with Crippen LogP contribution < -0.4 is 19.8 Å². The smallest absolute Gasteiger partial charge is 0.272 e. The number of ether oxygens (including phenoxy) is 2. The highest BCUT2D eigenvalue weighted by Gasteiger charge is 2.23. The molecule has 3 aromatic rings. The topological polar surface area (TPSA) is 99.5 Å². The average molecular weight is 459 g/mol. The maximum atomic E-state index is 14.2. The summed E-state index contributed by atoms with van der Waals surface area (Å²) in [6, 6.07) is 6.40. The van der Waals surface area contributed by atoms with Crippen molar-refractivity contribution in [2.45, 2.75) is 24.8 Å². The molecule has 1 N–H and O–H groups in total. The quantitative estimate of drug-likeness (QED) is 0.555. The van der Waals surface area contributed by atoms with Crippen molar-refractivity contribution in [3.8, 4) is 11.8 Å². The number of pyridine rings is 2. The van der Waals surface area contributed by atoms with Crippen molar-refractivity contribution in [2.75, 3.05) is 18.4 Å². The summed E-state index contributed by atoms with van der Waals surface area (Å²) >= 11 is 0. The zero-order valence-electron chi connectivity index (χ0n) is 16.4. The van der Waals surface area contributed by atoms with Crippen LogP contribution in [0.4, 0.5) is 18.9 Å². The lowest BCUT2D eigenvalue weighted by molar-refractivity contribution is 0.0770. The van der Waals surface area contributed by atoms with E-state index < -0.39 is 34.8 Å². The van der Waals surface area contributed by atoms with E-state index in [0.29, 0.717) is 12.6 Å². The Balaban J connectivity index is 0.00000363. The normalized spacial score (nSPS) is 11.7. The fourth-order valence-corrected chi connectivity index (χ4v) is 4.17. The molecule has 0 atom stereocenters. The van der Waals surface area contributed by atoms with Crippen molar-refractivity contribution in [3.05, 3.63) is 52.7 Å². The Morgan fingerprint density at radius 2 is 1.97 bits per heavy atom. The highest BCUT2D eigenvalue weighted by Crippen LogP contribution is 2.31. The number of fused-ring (bicyclic) bond motifs is 1. The molecule has 168 valence electrons. The molecular formula is C19H20F3N3O5S. The van der Waals surface area contributed by atoms with Crippen LogP contribution in [0.3, 0.4) is 0 Å². The maximum absolute atomic E-state index is 14.2. The second kappa shape index (κ2) is 8.84. The van der Waals surface area contributed by atoms with Gasteiger partial charge in [0.05, 0.1) is 12.0 Å². The van der Waals surface area contributed by atoms with Crippen molar-refractivity contribution >= 4 is 26.5 Å². The standard InChI is InChI=1S/C19H18F3N3O5S.H2/c1-3-25-8-7-11-12(19(25)26)5-4-6-15(11)31(27,28)24-14-9-13(20)17(23-18(14)29-2)30-10-16(21)22;/h4-9,16,24H,3,10H2,1-2H3;1H. The number of halogens is 3. The van der Waals surface area contributed by atoms with Gasteiger partial charge in [0.15, 0.2) is 12.4 Å². The van der Waals surface area contributed by atoms with Gasteiger partial charge in [-0.25, -0.2) is 21.6 Å². The van der Waals surface area contributed by atoms with Crippen LogP contribution in [0.15, 0.2) is 46.2 Å². The molecule has 0 fully saturated rings. The number of hydrogen-bond donors (Lipinski definition) is 1. The largest absolute Gasteiger partial charge is 0.479 e. The Hall–Kier alpha value is -3.28. The highest BCUT2D eigenvalue weighted by atomic mass is 32.2. The SMILES string of the molecule is CCn1ccc2c(S(=O)(=O)Nc3cc(F)c(OCC(F)F)nc3OC)cccc2c1=O.[HH]. The molecular weight excluding hydrogens is 439 g/mol. The molecule has 0 aliphatic carbocycles. The molecule has 12 heteroatoms. The Labute approximate surface area is 176 Å². The van der Waals surface area contributed by atoms with Crippen LogP contribution in [0.25, 0.3) is 10.8 Å². The molecule has 2 heterocycles. The van der Waals surface area contributed by atoms with Gasteiger partial charge in [0.2, 0.25) is 5.88 Å². The Bertz CT molecular complexity index is 1290. The number of methoxy groups -OCH3 is 1. The molecule has 0 radical (unpaired) electrons. The Morgan fingerprint density at radius 3 is 2.61 bits per heavy atom. The van der Waals surface area contributed by atoms with Gasteiger partial charge >= 0.3 is 0 Å². The number of aromatic nitrogens is 2. The molecule has 0 saturated heterocycles. The van der Waals surface area contributed by atoms with Crippen LogP contribution in [-0.2, 0) is 16.6 Å². The van der Waals surface area contributed by atoms with E-state index in [4.69, 9.17) is 4.74 Å². The van der Waals surface area contributed by atoms with Gasteiger partial charge in [-0.1, -0.05) is 6.07 Å². The lowest BCUT2D eigenvalue weighted by Gasteiger charge is -2.14. The van der Waals surface area contributed by atoms with E-state index in [-0.39, 0.29) is 34.2 Å². The van der Waals surface area contributed by atoms with Crippen LogP contribution in [0.1, 0.15) is 8.35 Å². The van der Waals surface area contributed by atoms with Gasteiger partial charge in [0.1, 0.15) is 5.69 Å². The molecule has 8 nitrogen and oxygen atoms in total. The first-order valence-electron chi connectivity index (χ1n) is 8.98. The predicted octanol–water partition coefficient (Wildman–Crippen LogP) is 3.25. The summed E-state index contributed by atoms with van der Waals surface area (Å²) in [4.78, 5) is 15.9. The molecule has 3 rings (SSSR count). The van der Waals surface area contributed by atoms with Crippen LogP contribution in [0.5, 0.6) is 11.8 Å². The number of nitrogens with one attached hydrogen (secondary N) is 1. The van der Waals surface area contributed by atoms with E-state index in [1.54, 1.807) is 6.92 Å². The van der Waals surface area contributed by atoms with E-state index in [2.05, 4.69) is 14.4 Å². The number of hydrogen-bond acceptors (Lipinski definition) is 6. The molecule has 0 spiro atoms. The van der Waals surface area contributed by atoms with Gasteiger partial charge in [-0.3, -0.25) is 9.52 Å². The predicted molar refractivity (Wildman–Crippen MR) is 109 cm³/mol. The third kappa shape index (κ3) is 4.58. The number of alkyl halides is 2. The van der Waals surface area contributed by atoms with E-state index >= 15 is 0 Å². The number of aryl methyl sites for hydroxylation is 1. The third-order valence-electron chi connectivity index (χ3n) is 4.30. The average Bonchev–Trinajstić information content (AvgIpc) is 2.72. The molecule has 2 aromatic heterocycles.